The molecule has 0 aromatic heterocycles. The third-order valence-electron chi connectivity index (χ3n) is 1.86. The van der Waals surface area contributed by atoms with Gasteiger partial charge in [-0.25, -0.2) is 0 Å². The molecular weight excluding hydrogens is 112 g/mol. The molecule has 0 amide bonds. The van der Waals surface area contributed by atoms with Crippen LogP contribution >= 0.6 is 0 Å². The zero-order valence-corrected chi connectivity index (χ0v) is 5.55. The molecule has 0 aromatic rings. The maximum absolute atomic E-state index is 9.87. The van der Waals surface area contributed by atoms with Crippen LogP contribution in [-0.2, 0) is 4.79 Å². The molecule has 1 aliphatic carbocycles. The summed E-state index contributed by atoms with van der Waals surface area (Å²) in [6.45, 7) is 0. The van der Waals surface area contributed by atoms with E-state index in [1.807, 2.05) is 6.08 Å². The first-order chi connectivity index (χ1) is 4.43. The van der Waals surface area contributed by atoms with Crippen molar-refractivity contribution < 1.29 is 4.79 Å². The van der Waals surface area contributed by atoms with Crippen LogP contribution in [-0.4, -0.2) is 6.29 Å². The monoisotopic (exact) mass is 124 g/mol. The van der Waals surface area contributed by atoms with Gasteiger partial charge in [-0.1, -0.05) is 18.9 Å². The Kier molecular flexibility index (Phi) is 2.49. The second-order valence-electron chi connectivity index (χ2n) is 2.57. The maximum Gasteiger partial charge on any atom is 0.142 e. The van der Waals surface area contributed by atoms with Crippen LogP contribution in [0.5, 0.6) is 0 Å². The molecular formula is C8H12O. The normalized spacial score (nSPS) is 21.3. The Morgan fingerprint density at radius 3 is 2.44 bits per heavy atom. The summed E-state index contributed by atoms with van der Waals surface area (Å²) < 4.78 is 0. The first-order valence-electron chi connectivity index (χ1n) is 3.55. The fourth-order valence-corrected chi connectivity index (χ4v) is 1.35. The van der Waals surface area contributed by atoms with Gasteiger partial charge in [-0.3, -0.25) is 4.79 Å². The number of carbonyl (C=O) groups excluding carboxylic acids is 1. The fourth-order valence-electron chi connectivity index (χ4n) is 1.35. The van der Waals surface area contributed by atoms with Gasteiger partial charge in [0, 0.05) is 0 Å². The zero-order valence-electron chi connectivity index (χ0n) is 5.55. The number of hydrogen-bond acceptors (Lipinski definition) is 1. The van der Waals surface area contributed by atoms with Gasteiger partial charge >= 0.3 is 0 Å². The van der Waals surface area contributed by atoms with Crippen LogP contribution in [0.2, 0.25) is 0 Å². The lowest BCUT2D eigenvalue weighted by Crippen LogP contribution is -1.84. The quantitative estimate of drug-likeness (QED) is 0.406. The van der Waals surface area contributed by atoms with Gasteiger partial charge in [-0.2, -0.15) is 0 Å². The van der Waals surface area contributed by atoms with Crippen molar-refractivity contribution in [2.24, 2.45) is 5.92 Å². The van der Waals surface area contributed by atoms with Gasteiger partial charge < -0.3 is 0 Å². The summed E-state index contributed by atoms with van der Waals surface area (Å²) in [5, 5.41) is 0. The van der Waals surface area contributed by atoms with Gasteiger partial charge in [0.25, 0.3) is 0 Å². The van der Waals surface area contributed by atoms with Gasteiger partial charge in [0.1, 0.15) is 6.29 Å². The van der Waals surface area contributed by atoms with E-state index in [-0.39, 0.29) is 0 Å². The van der Waals surface area contributed by atoms with Crippen molar-refractivity contribution >= 4 is 6.29 Å². The third-order valence-corrected chi connectivity index (χ3v) is 1.86. The molecule has 0 radical (unpaired) electrons. The van der Waals surface area contributed by atoms with Crippen LogP contribution in [0.1, 0.15) is 25.7 Å². The predicted molar refractivity (Wildman–Crippen MR) is 37.2 cm³/mol. The van der Waals surface area contributed by atoms with Crippen molar-refractivity contribution in [1.29, 1.82) is 0 Å². The van der Waals surface area contributed by atoms with E-state index in [1.54, 1.807) is 6.08 Å². The van der Waals surface area contributed by atoms with Crippen LogP contribution in [0.4, 0.5) is 0 Å². The van der Waals surface area contributed by atoms with Gasteiger partial charge in [0.2, 0.25) is 0 Å². The van der Waals surface area contributed by atoms with Crippen molar-refractivity contribution in [2.75, 3.05) is 0 Å². The van der Waals surface area contributed by atoms with Crippen molar-refractivity contribution in [3.05, 3.63) is 12.2 Å². The molecule has 0 heterocycles. The molecule has 1 saturated carbocycles. The SMILES string of the molecule is O=CC=CC1CCCC1. The number of rotatable bonds is 2. The van der Waals surface area contributed by atoms with Gasteiger partial charge in [-0.15, -0.1) is 0 Å². The highest BCUT2D eigenvalue weighted by Gasteiger charge is 2.10. The molecule has 0 bridgehead atoms. The molecule has 0 aromatic carbocycles. The molecule has 1 heteroatoms. The molecule has 0 N–H and O–H groups in total. The summed E-state index contributed by atoms with van der Waals surface area (Å²) >= 11 is 0. The van der Waals surface area contributed by atoms with E-state index in [2.05, 4.69) is 0 Å². The average molecular weight is 124 g/mol. The molecule has 50 valence electrons. The minimum absolute atomic E-state index is 0.704. The topological polar surface area (TPSA) is 17.1 Å². The first-order valence-corrected chi connectivity index (χ1v) is 3.55. The minimum Gasteiger partial charge on any atom is -0.299 e. The summed E-state index contributed by atoms with van der Waals surface area (Å²) in [6, 6.07) is 0. The molecule has 0 atom stereocenters. The second-order valence-corrected chi connectivity index (χ2v) is 2.57. The zero-order chi connectivity index (χ0) is 6.53. The molecule has 0 saturated heterocycles. The number of aldehydes is 1. The molecule has 0 spiro atoms. The number of carbonyl (C=O) groups is 1. The number of allylic oxidation sites excluding steroid dienone is 2. The maximum atomic E-state index is 9.87. The van der Waals surface area contributed by atoms with Crippen LogP contribution in [0.3, 0.4) is 0 Å². The van der Waals surface area contributed by atoms with Crippen LogP contribution in [0.15, 0.2) is 12.2 Å². The van der Waals surface area contributed by atoms with E-state index in [0.29, 0.717) is 5.92 Å². The molecule has 0 aliphatic heterocycles. The van der Waals surface area contributed by atoms with Crippen LogP contribution < -0.4 is 0 Å². The Bertz CT molecular complexity index is 110. The van der Waals surface area contributed by atoms with E-state index in [1.165, 1.54) is 25.7 Å². The minimum atomic E-state index is 0.704. The Labute approximate surface area is 55.8 Å². The lowest BCUT2D eigenvalue weighted by atomic mass is 10.1. The van der Waals surface area contributed by atoms with Crippen molar-refractivity contribution in [2.45, 2.75) is 25.7 Å². The van der Waals surface area contributed by atoms with E-state index in [0.717, 1.165) is 6.29 Å². The molecule has 1 fully saturated rings. The summed E-state index contributed by atoms with van der Waals surface area (Å²) in [5.74, 6) is 0.704. The lowest BCUT2D eigenvalue weighted by molar-refractivity contribution is -0.104. The number of hydrogen-bond donors (Lipinski definition) is 0. The molecule has 1 rings (SSSR count). The molecule has 9 heavy (non-hydrogen) atoms. The van der Waals surface area contributed by atoms with Gasteiger partial charge in [0.05, 0.1) is 0 Å². The average Bonchev–Trinajstić information content (AvgIpc) is 2.34. The Hall–Kier alpha value is -0.590. The molecule has 1 aliphatic rings. The van der Waals surface area contributed by atoms with Gasteiger partial charge in [0.15, 0.2) is 0 Å². The summed E-state index contributed by atoms with van der Waals surface area (Å²) in [6.07, 6.45) is 9.75. The Balaban J connectivity index is 2.25. The summed E-state index contributed by atoms with van der Waals surface area (Å²) in [7, 11) is 0. The van der Waals surface area contributed by atoms with E-state index in [4.69, 9.17) is 0 Å². The Morgan fingerprint density at radius 1 is 1.22 bits per heavy atom. The summed E-state index contributed by atoms with van der Waals surface area (Å²) in [4.78, 5) is 9.87. The molecule has 0 unspecified atom stereocenters. The highest BCUT2D eigenvalue weighted by Crippen LogP contribution is 2.25. The van der Waals surface area contributed by atoms with E-state index in [9.17, 15) is 4.79 Å². The van der Waals surface area contributed by atoms with Crippen molar-refractivity contribution in [3.63, 3.8) is 0 Å². The van der Waals surface area contributed by atoms with Gasteiger partial charge in [-0.05, 0) is 24.8 Å². The third kappa shape index (κ3) is 2.00. The van der Waals surface area contributed by atoms with Crippen molar-refractivity contribution in [3.8, 4) is 0 Å². The largest absolute Gasteiger partial charge is 0.299 e. The lowest BCUT2D eigenvalue weighted by Gasteiger charge is -1.96. The second kappa shape index (κ2) is 3.44. The molecule has 1 nitrogen and oxygen atoms in total. The van der Waals surface area contributed by atoms with E-state index >= 15 is 0 Å². The summed E-state index contributed by atoms with van der Waals surface area (Å²) in [5.41, 5.74) is 0. The Morgan fingerprint density at radius 2 is 1.89 bits per heavy atom. The smallest absolute Gasteiger partial charge is 0.142 e. The fraction of sp³-hybridized carbons (Fsp3) is 0.625. The highest BCUT2D eigenvalue weighted by molar-refractivity contribution is 5.64. The highest BCUT2D eigenvalue weighted by atomic mass is 16.1. The first kappa shape index (κ1) is 6.53. The van der Waals surface area contributed by atoms with Crippen molar-refractivity contribution in [1.82, 2.24) is 0 Å². The van der Waals surface area contributed by atoms with Crippen LogP contribution in [0.25, 0.3) is 0 Å². The standard InChI is InChI=1S/C8H12O/c9-7-3-6-8-4-1-2-5-8/h3,6-8H,1-2,4-5H2. The van der Waals surface area contributed by atoms with E-state index < -0.39 is 0 Å². The predicted octanol–water partition coefficient (Wildman–Crippen LogP) is 1.93. The van der Waals surface area contributed by atoms with Crippen LogP contribution in [0, 0.1) is 5.92 Å².